The molecule has 7 heteroatoms. The molecule has 2 aromatic rings. The number of benzene rings is 2. The third-order valence-electron chi connectivity index (χ3n) is 3.16. The summed E-state index contributed by atoms with van der Waals surface area (Å²) in [4.78, 5) is 14.7. The van der Waals surface area contributed by atoms with Crippen molar-refractivity contribution in [3.8, 4) is 0 Å². The van der Waals surface area contributed by atoms with Gasteiger partial charge in [-0.25, -0.2) is 0 Å². The Balaban J connectivity index is 0.00000264. The van der Waals surface area contributed by atoms with Crippen molar-refractivity contribution in [3.63, 3.8) is 0 Å². The van der Waals surface area contributed by atoms with E-state index in [1.807, 2.05) is 30.3 Å². The van der Waals surface area contributed by atoms with Gasteiger partial charge in [-0.15, -0.1) is 24.0 Å². The van der Waals surface area contributed by atoms with E-state index in [1.165, 1.54) is 6.07 Å². The highest BCUT2D eigenvalue weighted by Gasteiger charge is 2.12. The van der Waals surface area contributed by atoms with Gasteiger partial charge >= 0.3 is 0 Å². The monoisotopic (exact) mass is 426 g/mol. The van der Waals surface area contributed by atoms with Crippen molar-refractivity contribution in [2.45, 2.75) is 13.1 Å². The molecule has 0 aromatic heterocycles. The van der Waals surface area contributed by atoms with Crippen LogP contribution in [0.2, 0.25) is 0 Å². The molecule has 0 aliphatic rings. The quantitative estimate of drug-likeness (QED) is 0.253. The van der Waals surface area contributed by atoms with Gasteiger partial charge in [0.25, 0.3) is 5.69 Å². The minimum Gasteiger partial charge on any atom is -0.352 e. The van der Waals surface area contributed by atoms with E-state index >= 15 is 0 Å². The van der Waals surface area contributed by atoms with Crippen LogP contribution in [0.4, 0.5) is 5.69 Å². The Hall–Kier alpha value is -2.16. The van der Waals surface area contributed by atoms with Gasteiger partial charge in [-0.05, 0) is 5.56 Å². The van der Waals surface area contributed by atoms with E-state index in [1.54, 1.807) is 25.2 Å². The zero-order chi connectivity index (χ0) is 15.8. The Morgan fingerprint density at radius 3 is 2.30 bits per heavy atom. The van der Waals surface area contributed by atoms with Gasteiger partial charge in [0.15, 0.2) is 5.96 Å². The summed E-state index contributed by atoms with van der Waals surface area (Å²) in [5.74, 6) is 0.599. The maximum absolute atomic E-state index is 11.0. The van der Waals surface area contributed by atoms with Crippen LogP contribution in [0, 0.1) is 10.1 Å². The zero-order valence-electron chi connectivity index (χ0n) is 12.7. The fraction of sp³-hybridized carbons (Fsp3) is 0.188. The third-order valence-corrected chi connectivity index (χ3v) is 3.16. The maximum Gasteiger partial charge on any atom is 0.274 e. The van der Waals surface area contributed by atoms with Crippen LogP contribution < -0.4 is 10.6 Å². The zero-order valence-corrected chi connectivity index (χ0v) is 15.1. The van der Waals surface area contributed by atoms with Crippen molar-refractivity contribution in [3.05, 3.63) is 75.8 Å². The molecule has 0 atom stereocenters. The molecule has 23 heavy (non-hydrogen) atoms. The molecule has 2 rings (SSSR count). The molecule has 0 unspecified atom stereocenters. The molecule has 2 N–H and O–H groups in total. The molecule has 0 radical (unpaired) electrons. The number of nitro groups is 1. The van der Waals surface area contributed by atoms with Crippen LogP contribution in [-0.2, 0) is 13.1 Å². The van der Waals surface area contributed by atoms with E-state index < -0.39 is 0 Å². The molecule has 0 amide bonds. The second kappa shape index (κ2) is 9.78. The number of nitro benzene ring substituents is 1. The molecule has 0 bridgehead atoms. The summed E-state index contributed by atoms with van der Waals surface area (Å²) in [6.45, 7) is 0.975. The number of nitrogens with one attached hydrogen (secondary N) is 2. The van der Waals surface area contributed by atoms with E-state index in [-0.39, 0.29) is 34.6 Å². The SMILES string of the molecule is CN=C(NCc1ccccc1)NCc1ccccc1[N+](=O)[O-].I. The molecule has 6 nitrogen and oxygen atoms in total. The minimum absolute atomic E-state index is 0. The van der Waals surface area contributed by atoms with E-state index in [2.05, 4.69) is 15.6 Å². The maximum atomic E-state index is 11.0. The number of hydrogen-bond acceptors (Lipinski definition) is 3. The molecule has 0 fully saturated rings. The molecule has 0 spiro atoms. The first-order chi connectivity index (χ1) is 10.7. The first-order valence-electron chi connectivity index (χ1n) is 6.91. The fourth-order valence-electron chi connectivity index (χ4n) is 2.02. The second-order valence-corrected chi connectivity index (χ2v) is 4.65. The lowest BCUT2D eigenvalue weighted by Crippen LogP contribution is -2.36. The number of halogens is 1. The van der Waals surface area contributed by atoms with E-state index in [9.17, 15) is 10.1 Å². The van der Waals surface area contributed by atoms with Crippen LogP contribution >= 0.6 is 24.0 Å². The van der Waals surface area contributed by atoms with Crippen molar-refractivity contribution in [2.24, 2.45) is 4.99 Å². The lowest BCUT2D eigenvalue weighted by molar-refractivity contribution is -0.385. The van der Waals surface area contributed by atoms with Crippen molar-refractivity contribution >= 4 is 35.6 Å². The number of hydrogen-bond donors (Lipinski definition) is 2. The summed E-state index contributed by atoms with van der Waals surface area (Å²) < 4.78 is 0. The van der Waals surface area contributed by atoms with Crippen molar-refractivity contribution < 1.29 is 4.92 Å². The number of nitrogens with zero attached hydrogens (tertiary/aromatic N) is 2. The Labute approximate surface area is 152 Å². The van der Waals surface area contributed by atoms with Crippen LogP contribution in [0.1, 0.15) is 11.1 Å². The predicted octanol–water partition coefficient (Wildman–Crippen LogP) is 3.08. The van der Waals surface area contributed by atoms with Crippen LogP contribution in [0.5, 0.6) is 0 Å². The van der Waals surface area contributed by atoms with Crippen molar-refractivity contribution in [2.75, 3.05) is 7.05 Å². The lowest BCUT2D eigenvalue weighted by atomic mass is 10.2. The third kappa shape index (κ3) is 5.85. The van der Waals surface area contributed by atoms with Crippen molar-refractivity contribution in [1.82, 2.24) is 10.6 Å². The Morgan fingerprint density at radius 1 is 1.04 bits per heavy atom. The highest BCUT2D eigenvalue weighted by atomic mass is 127. The van der Waals surface area contributed by atoms with Gasteiger partial charge in [-0.2, -0.15) is 0 Å². The highest BCUT2D eigenvalue weighted by molar-refractivity contribution is 14.0. The van der Waals surface area contributed by atoms with Gasteiger partial charge in [0.1, 0.15) is 0 Å². The number of rotatable bonds is 5. The van der Waals surface area contributed by atoms with E-state index in [4.69, 9.17) is 0 Å². The Kier molecular flexibility index (Phi) is 8.03. The summed E-state index contributed by atoms with van der Waals surface area (Å²) in [5, 5.41) is 17.2. The first kappa shape index (κ1) is 18.9. The topological polar surface area (TPSA) is 79.6 Å². The minimum atomic E-state index is -0.378. The van der Waals surface area contributed by atoms with Crippen LogP contribution in [0.3, 0.4) is 0 Å². The largest absolute Gasteiger partial charge is 0.352 e. The molecule has 0 saturated carbocycles. The Bertz CT molecular complexity index is 662. The molecule has 0 heterocycles. The van der Waals surface area contributed by atoms with Gasteiger partial charge in [-0.1, -0.05) is 48.5 Å². The standard InChI is InChI=1S/C16H18N4O2.HI/c1-17-16(18-11-13-7-3-2-4-8-13)19-12-14-9-5-6-10-15(14)20(21)22;/h2-10H,11-12H2,1H3,(H2,17,18,19);1H. The lowest BCUT2D eigenvalue weighted by Gasteiger charge is -2.12. The van der Waals surface area contributed by atoms with Gasteiger partial charge < -0.3 is 10.6 Å². The van der Waals surface area contributed by atoms with Gasteiger partial charge in [0, 0.05) is 31.8 Å². The summed E-state index contributed by atoms with van der Waals surface area (Å²) >= 11 is 0. The number of para-hydroxylation sites is 1. The van der Waals surface area contributed by atoms with Gasteiger partial charge in [0.05, 0.1) is 4.92 Å². The number of guanidine groups is 1. The second-order valence-electron chi connectivity index (χ2n) is 4.65. The summed E-state index contributed by atoms with van der Waals surface area (Å²) in [6.07, 6.45) is 0. The average molecular weight is 426 g/mol. The van der Waals surface area contributed by atoms with Gasteiger partial charge in [-0.3, -0.25) is 15.1 Å². The smallest absolute Gasteiger partial charge is 0.274 e. The van der Waals surface area contributed by atoms with Crippen LogP contribution in [-0.4, -0.2) is 17.9 Å². The molecule has 0 saturated heterocycles. The van der Waals surface area contributed by atoms with Crippen molar-refractivity contribution in [1.29, 1.82) is 0 Å². The van der Waals surface area contributed by atoms with E-state index in [0.717, 1.165) is 5.56 Å². The highest BCUT2D eigenvalue weighted by Crippen LogP contribution is 2.16. The first-order valence-corrected chi connectivity index (χ1v) is 6.91. The number of aliphatic imine (C=N–C) groups is 1. The fourth-order valence-corrected chi connectivity index (χ4v) is 2.02. The summed E-state index contributed by atoms with van der Waals surface area (Å²) in [6, 6.07) is 16.6. The van der Waals surface area contributed by atoms with E-state index in [0.29, 0.717) is 24.6 Å². The molecule has 0 aliphatic carbocycles. The molecular formula is C16H19IN4O2. The average Bonchev–Trinajstić information content (AvgIpc) is 2.56. The summed E-state index contributed by atoms with van der Waals surface area (Å²) in [7, 11) is 1.67. The summed E-state index contributed by atoms with van der Waals surface area (Å²) in [5.41, 5.74) is 1.86. The van der Waals surface area contributed by atoms with Crippen LogP contribution in [0.25, 0.3) is 0 Å². The molecular weight excluding hydrogens is 407 g/mol. The van der Waals surface area contributed by atoms with Crippen LogP contribution in [0.15, 0.2) is 59.6 Å². The Morgan fingerprint density at radius 2 is 1.65 bits per heavy atom. The molecule has 2 aromatic carbocycles. The van der Waals surface area contributed by atoms with Gasteiger partial charge in [0.2, 0.25) is 0 Å². The molecule has 0 aliphatic heterocycles. The normalized spacial score (nSPS) is 10.6. The predicted molar refractivity (Wildman–Crippen MR) is 102 cm³/mol. The molecule has 122 valence electrons.